The van der Waals surface area contributed by atoms with Gasteiger partial charge in [-0.15, -0.1) is 0 Å². The first-order valence-electron chi connectivity index (χ1n) is 5.56. The van der Waals surface area contributed by atoms with Crippen LogP contribution < -0.4 is 5.32 Å². The Bertz CT molecular complexity index is 352. The molecular formula is C10H15N3O2. The summed E-state index contributed by atoms with van der Waals surface area (Å²) in [5.41, 5.74) is 0. The highest BCUT2D eigenvalue weighted by Crippen LogP contribution is 2.39. The van der Waals surface area contributed by atoms with E-state index in [1.165, 1.54) is 12.8 Å². The van der Waals surface area contributed by atoms with Crippen LogP contribution in [0, 0.1) is 0 Å². The summed E-state index contributed by atoms with van der Waals surface area (Å²) < 4.78 is 5.24. The van der Waals surface area contributed by atoms with Crippen molar-refractivity contribution in [3.8, 4) is 0 Å². The third kappa shape index (κ3) is 1.55. The molecule has 5 nitrogen and oxygen atoms in total. The molecule has 0 radical (unpaired) electrons. The Labute approximate surface area is 87.9 Å². The molecule has 3 atom stereocenters. The molecule has 2 bridgehead atoms. The largest absolute Gasteiger partial charge is 0.396 e. The fourth-order valence-corrected chi connectivity index (χ4v) is 2.72. The first-order chi connectivity index (χ1) is 7.36. The third-order valence-corrected chi connectivity index (χ3v) is 3.44. The van der Waals surface area contributed by atoms with E-state index in [1.807, 2.05) is 0 Å². The van der Waals surface area contributed by atoms with Crippen LogP contribution >= 0.6 is 0 Å². The zero-order valence-corrected chi connectivity index (χ0v) is 8.52. The van der Waals surface area contributed by atoms with E-state index < -0.39 is 0 Å². The van der Waals surface area contributed by atoms with E-state index in [0.29, 0.717) is 30.2 Å². The van der Waals surface area contributed by atoms with Crippen LogP contribution in [0.4, 0.5) is 0 Å². The highest BCUT2D eigenvalue weighted by molar-refractivity contribution is 5.09. The van der Waals surface area contributed by atoms with Gasteiger partial charge in [0.05, 0.1) is 12.5 Å². The molecule has 0 aliphatic carbocycles. The number of rotatable bonds is 3. The summed E-state index contributed by atoms with van der Waals surface area (Å²) in [6.45, 7) is 0.0773. The lowest BCUT2D eigenvalue weighted by atomic mass is 9.89. The van der Waals surface area contributed by atoms with E-state index in [0.717, 1.165) is 12.3 Å². The Balaban J connectivity index is 1.75. The van der Waals surface area contributed by atoms with E-state index in [-0.39, 0.29) is 6.61 Å². The summed E-state index contributed by atoms with van der Waals surface area (Å²) >= 11 is 0. The van der Waals surface area contributed by atoms with E-state index in [4.69, 9.17) is 9.63 Å². The third-order valence-electron chi connectivity index (χ3n) is 3.44. The normalized spacial score (nSPS) is 33.8. The van der Waals surface area contributed by atoms with Gasteiger partial charge >= 0.3 is 0 Å². The molecule has 2 N–H and O–H groups in total. The minimum Gasteiger partial charge on any atom is -0.396 e. The van der Waals surface area contributed by atoms with Gasteiger partial charge in [0.15, 0.2) is 5.82 Å². The number of aliphatic hydroxyl groups excluding tert-OH is 1. The molecule has 5 heteroatoms. The molecule has 2 aliphatic rings. The lowest BCUT2D eigenvalue weighted by molar-refractivity contribution is 0.291. The number of aliphatic hydroxyl groups is 1. The van der Waals surface area contributed by atoms with Crippen LogP contribution in [-0.4, -0.2) is 33.9 Å². The predicted octanol–water partition coefficient (Wildman–Crippen LogP) is 0.212. The molecule has 1 aromatic rings. The summed E-state index contributed by atoms with van der Waals surface area (Å²) in [7, 11) is 0. The van der Waals surface area contributed by atoms with Crippen molar-refractivity contribution in [2.45, 2.75) is 43.7 Å². The second kappa shape index (κ2) is 3.57. The second-order valence-electron chi connectivity index (χ2n) is 4.41. The molecule has 2 aliphatic heterocycles. The van der Waals surface area contributed by atoms with Crippen molar-refractivity contribution in [3.05, 3.63) is 11.7 Å². The Hall–Kier alpha value is -0.940. The Morgan fingerprint density at radius 1 is 1.47 bits per heavy atom. The zero-order chi connectivity index (χ0) is 10.3. The van der Waals surface area contributed by atoms with Gasteiger partial charge in [-0.1, -0.05) is 5.16 Å². The molecule has 0 aromatic carbocycles. The summed E-state index contributed by atoms with van der Waals surface area (Å²) in [4.78, 5) is 4.32. The molecule has 0 amide bonds. The molecular weight excluding hydrogens is 194 g/mol. The first kappa shape index (κ1) is 9.30. The molecule has 0 spiro atoms. The fraction of sp³-hybridized carbons (Fsp3) is 0.800. The Kier molecular flexibility index (Phi) is 2.21. The van der Waals surface area contributed by atoms with Crippen molar-refractivity contribution in [2.75, 3.05) is 6.61 Å². The molecule has 3 rings (SSSR count). The molecule has 2 saturated heterocycles. The maximum absolute atomic E-state index is 8.77. The average Bonchev–Trinajstić information content (AvgIpc) is 2.91. The van der Waals surface area contributed by atoms with Gasteiger partial charge in [0, 0.05) is 18.5 Å². The van der Waals surface area contributed by atoms with Gasteiger partial charge in [0.2, 0.25) is 5.89 Å². The lowest BCUT2D eigenvalue weighted by Gasteiger charge is -2.15. The maximum atomic E-state index is 8.77. The minimum absolute atomic E-state index is 0.0773. The summed E-state index contributed by atoms with van der Waals surface area (Å²) in [5.74, 6) is 1.76. The molecule has 2 fully saturated rings. The van der Waals surface area contributed by atoms with Crippen LogP contribution in [-0.2, 0) is 6.42 Å². The molecule has 1 aromatic heterocycles. The van der Waals surface area contributed by atoms with E-state index in [1.54, 1.807) is 0 Å². The maximum Gasteiger partial charge on any atom is 0.231 e. The van der Waals surface area contributed by atoms with Crippen molar-refractivity contribution in [2.24, 2.45) is 0 Å². The standard InChI is InChI=1S/C10H15N3O2/c14-4-3-9-12-10(15-13-9)7-5-6-1-2-8(7)11-6/h6-8,11,14H,1-5H2. The van der Waals surface area contributed by atoms with Gasteiger partial charge in [0.25, 0.3) is 0 Å². The van der Waals surface area contributed by atoms with Gasteiger partial charge in [-0.2, -0.15) is 4.98 Å². The highest BCUT2D eigenvalue weighted by Gasteiger charge is 2.42. The predicted molar refractivity (Wildman–Crippen MR) is 52.4 cm³/mol. The number of hydrogen-bond acceptors (Lipinski definition) is 5. The van der Waals surface area contributed by atoms with E-state index in [2.05, 4.69) is 15.5 Å². The first-order valence-corrected chi connectivity index (χ1v) is 5.56. The van der Waals surface area contributed by atoms with Crippen molar-refractivity contribution >= 4 is 0 Å². The number of nitrogens with one attached hydrogen (secondary N) is 1. The minimum atomic E-state index is 0.0773. The Morgan fingerprint density at radius 3 is 3.07 bits per heavy atom. The highest BCUT2D eigenvalue weighted by atomic mass is 16.5. The molecule has 3 heterocycles. The molecule has 3 unspecified atom stereocenters. The smallest absolute Gasteiger partial charge is 0.231 e. The van der Waals surface area contributed by atoms with Crippen LogP contribution in [0.15, 0.2) is 4.52 Å². The summed E-state index contributed by atoms with van der Waals surface area (Å²) in [5, 5.41) is 16.2. The van der Waals surface area contributed by atoms with Crippen LogP contribution in [0.2, 0.25) is 0 Å². The van der Waals surface area contributed by atoms with Crippen molar-refractivity contribution < 1.29 is 9.63 Å². The Morgan fingerprint density at radius 2 is 2.40 bits per heavy atom. The second-order valence-corrected chi connectivity index (χ2v) is 4.41. The van der Waals surface area contributed by atoms with E-state index in [9.17, 15) is 0 Å². The number of nitrogens with zero attached hydrogens (tertiary/aromatic N) is 2. The molecule has 0 saturated carbocycles. The summed E-state index contributed by atoms with van der Waals surface area (Å²) in [6.07, 6.45) is 4.09. The van der Waals surface area contributed by atoms with E-state index >= 15 is 0 Å². The number of hydrogen-bond donors (Lipinski definition) is 2. The van der Waals surface area contributed by atoms with Gasteiger partial charge in [0.1, 0.15) is 0 Å². The van der Waals surface area contributed by atoms with Gasteiger partial charge in [-0.05, 0) is 19.3 Å². The van der Waals surface area contributed by atoms with Gasteiger partial charge in [-0.3, -0.25) is 0 Å². The van der Waals surface area contributed by atoms with Crippen molar-refractivity contribution in [3.63, 3.8) is 0 Å². The average molecular weight is 209 g/mol. The van der Waals surface area contributed by atoms with Gasteiger partial charge < -0.3 is 14.9 Å². The zero-order valence-electron chi connectivity index (χ0n) is 8.52. The molecule has 82 valence electrons. The summed E-state index contributed by atoms with van der Waals surface area (Å²) in [6, 6.07) is 1.17. The quantitative estimate of drug-likeness (QED) is 0.744. The van der Waals surface area contributed by atoms with Crippen molar-refractivity contribution in [1.82, 2.24) is 15.5 Å². The monoisotopic (exact) mass is 209 g/mol. The van der Waals surface area contributed by atoms with Crippen molar-refractivity contribution in [1.29, 1.82) is 0 Å². The lowest BCUT2D eigenvalue weighted by Crippen LogP contribution is -2.21. The SMILES string of the molecule is OCCc1noc(C2CC3CCC2N3)n1. The van der Waals surface area contributed by atoms with Gasteiger partial charge in [-0.25, -0.2) is 0 Å². The van der Waals surface area contributed by atoms with Crippen LogP contribution in [0.3, 0.4) is 0 Å². The number of fused-ring (bicyclic) bond motifs is 2. The van der Waals surface area contributed by atoms with Crippen LogP contribution in [0.5, 0.6) is 0 Å². The van der Waals surface area contributed by atoms with Crippen LogP contribution in [0.1, 0.15) is 36.9 Å². The molecule has 15 heavy (non-hydrogen) atoms. The van der Waals surface area contributed by atoms with Crippen LogP contribution in [0.25, 0.3) is 0 Å². The fourth-order valence-electron chi connectivity index (χ4n) is 2.72. The topological polar surface area (TPSA) is 71.2 Å². The number of aromatic nitrogens is 2.